The van der Waals surface area contributed by atoms with E-state index in [-0.39, 0.29) is 5.41 Å². The smallest absolute Gasteiger partial charge is 0.324 e. The first-order valence-electron chi connectivity index (χ1n) is 9.55. The molecule has 3 aromatic rings. The zero-order chi connectivity index (χ0) is 21.6. The molecule has 0 saturated heterocycles. The van der Waals surface area contributed by atoms with Crippen LogP contribution in [-0.2, 0) is 10.2 Å². The lowest BCUT2D eigenvalue weighted by atomic mass is 9.93. The van der Waals surface area contributed by atoms with E-state index in [9.17, 15) is 4.79 Å². The molecule has 0 saturated carbocycles. The number of anilines is 3. The van der Waals surface area contributed by atoms with Gasteiger partial charge in [-0.1, -0.05) is 38.1 Å². The van der Waals surface area contributed by atoms with Gasteiger partial charge in [-0.25, -0.2) is 14.8 Å². The van der Waals surface area contributed by atoms with Gasteiger partial charge in [-0.2, -0.15) is 0 Å². The highest BCUT2D eigenvalue weighted by Crippen LogP contribution is 2.25. The van der Waals surface area contributed by atoms with Crippen molar-refractivity contribution in [3.63, 3.8) is 0 Å². The summed E-state index contributed by atoms with van der Waals surface area (Å²) < 4.78 is 10.2. The maximum atomic E-state index is 12.2. The van der Waals surface area contributed by atoms with Crippen molar-refractivity contribution in [2.24, 2.45) is 0 Å². The van der Waals surface area contributed by atoms with Crippen molar-refractivity contribution in [2.45, 2.75) is 26.2 Å². The van der Waals surface area contributed by atoms with Crippen molar-refractivity contribution in [3.05, 3.63) is 48.5 Å². The molecular formula is C21H26N6O3. The fraction of sp³-hybridized carbons (Fsp3) is 0.333. The Morgan fingerprint density at radius 3 is 2.37 bits per heavy atom. The lowest BCUT2D eigenvalue weighted by Gasteiger charge is -2.12. The van der Waals surface area contributed by atoms with Crippen LogP contribution in [0.2, 0.25) is 0 Å². The normalized spacial score (nSPS) is 11.2. The summed E-state index contributed by atoms with van der Waals surface area (Å²) in [6, 6.07) is 8.72. The highest BCUT2D eigenvalue weighted by Gasteiger charge is 2.20. The average molecular weight is 410 g/mol. The highest BCUT2D eigenvalue weighted by molar-refractivity contribution is 5.99. The molecule has 0 atom stereocenters. The maximum absolute atomic E-state index is 12.2. The standard InChI is InChI=1S/C21H26N6O3/c1-21(2,3)17-11-18(27-30-17)26-20(28)25-16-7-5-14(6-8-16)15-12-23-19(24-13-15)22-9-10-29-4/h5-8,11-13H,9-10H2,1-4H3,(H,22,23,24)(H2,25,26,27,28). The average Bonchev–Trinajstić information content (AvgIpc) is 3.18. The number of benzene rings is 1. The number of hydrogen-bond acceptors (Lipinski definition) is 7. The summed E-state index contributed by atoms with van der Waals surface area (Å²) in [5.74, 6) is 1.61. The van der Waals surface area contributed by atoms with E-state index >= 15 is 0 Å². The van der Waals surface area contributed by atoms with Crippen LogP contribution in [0, 0.1) is 0 Å². The summed E-state index contributed by atoms with van der Waals surface area (Å²) >= 11 is 0. The quantitative estimate of drug-likeness (QED) is 0.502. The number of nitrogens with zero attached hydrogens (tertiary/aromatic N) is 3. The van der Waals surface area contributed by atoms with Gasteiger partial charge in [-0.15, -0.1) is 0 Å². The summed E-state index contributed by atoms with van der Waals surface area (Å²) in [6.07, 6.45) is 3.49. The van der Waals surface area contributed by atoms with E-state index in [1.165, 1.54) is 0 Å². The monoisotopic (exact) mass is 410 g/mol. The number of hydrogen-bond donors (Lipinski definition) is 3. The first kappa shape index (κ1) is 21.3. The molecule has 2 heterocycles. The van der Waals surface area contributed by atoms with E-state index in [2.05, 4.69) is 31.1 Å². The molecule has 9 heteroatoms. The number of carbonyl (C=O) groups is 1. The third-order valence-electron chi connectivity index (χ3n) is 4.21. The van der Waals surface area contributed by atoms with Crippen LogP contribution in [0.3, 0.4) is 0 Å². The van der Waals surface area contributed by atoms with Crippen LogP contribution in [0.1, 0.15) is 26.5 Å². The fourth-order valence-corrected chi connectivity index (χ4v) is 2.55. The summed E-state index contributed by atoms with van der Waals surface area (Å²) in [5, 5.41) is 12.4. The molecule has 9 nitrogen and oxygen atoms in total. The Labute approximate surface area is 175 Å². The van der Waals surface area contributed by atoms with Crippen LogP contribution in [0.15, 0.2) is 47.2 Å². The van der Waals surface area contributed by atoms with E-state index < -0.39 is 6.03 Å². The largest absolute Gasteiger partial charge is 0.383 e. The van der Waals surface area contributed by atoms with Crippen LogP contribution in [-0.4, -0.2) is 41.4 Å². The van der Waals surface area contributed by atoms with Crippen molar-refractivity contribution in [1.82, 2.24) is 15.1 Å². The minimum Gasteiger partial charge on any atom is -0.383 e. The highest BCUT2D eigenvalue weighted by atomic mass is 16.5. The second-order valence-corrected chi connectivity index (χ2v) is 7.70. The topological polar surface area (TPSA) is 114 Å². The fourth-order valence-electron chi connectivity index (χ4n) is 2.55. The third-order valence-corrected chi connectivity index (χ3v) is 4.21. The molecule has 158 valence electrons. The Bertz CT molecular complexity index is 962. The predicted molar refractivity (Wildman–Crippen MR) is 116 cm³/mol. The molecule has 0 bridgehead atoms. The number of aromatic nitrogens is 3. The molecule has 2 aromatic heterocycles. The summed E-state index contributed by atoms with van der Waals surface area (Å²) in [6.45, 7) is 7.26. The minimum atomic E-state index is -0.397. The lowest BCUT2D eigenvalue weighted by molar-refractivity contribution is 0.210. The van der Waals surface area contributed by atoms with Crippen molar-refractivity contribution in [2.75, 3.05) is 36.2 Å². The second-order valence-electron chi connectivity index (χ2n) is 7.70. The number of ether oxygens (including phenoxy) is 1. The van der Waals surface area contributed by atoms with E-state index in [1.54, 1.807) is 25.6 Å². The van der Waals surface area contributed by atoms with E-state index in [0.29, 0.717) is 36.4 Å². The van der Waals surface area contributed by atoms with Crippen LogP contribution in [0.5, 0.6) is 0 Å². The van der Waals surface area contributed by atoms with Crippen molar-refractivity contribution >= 4 is 23.5 Å². The SMILES string of the molecule is COCCNc1ncc(-c2ccc(NC(=O)Nc3cc(C(C)(C)C)on3)cc2)cn1. The molecule has 1 aromatic carbocycles. The zero-order valence-electron chi connectivity index (χ0n) is 17.5. The maximum Gasteiger partial charge on any atom is 0.324 e. The van der Waals surface area contributed by atoms with Gasteiger partial charge in [0.25, 0.3) is 0 Å². The molecule has 0 fully saturated rings. The molecule has 3 N–H and O–H groups in total. The van der Waals surface area contributed by atoms with Crippen molar-refractivity contribution in [1.29, 1.82) is 0 Å². The van der Waals surface area contributed by atoms with Crippen LogP contribution >= 0.6 is 0 Å². The van der Waals surface area contributed by atoms with Crippen LogP contribution in [0.25, 0.3) is 11.1 Å². The van der Waals surface area contributed by atoms with Gasteiger partial charge < -0.3 is 19.9 Å². The molecule has 0 spiro atoms. The van der Waals surface area contributed by atoms with Crippen LogP contribution < -0.4 is 16.0 Å². The predicted octanol–water partition coefficient (Wildman–Crippen LogP) is 4.13. The number of urea groups is 1. The summed E-state index contributed by atoms with van der Waals surface area (Å²) in [5.41, 5.74) is 2.28. The molecule has 3 rings (SSSR count). The molecule has 0 aliphatic heterocycles. The molecule has 0 aliphatic carbocycles. The molecular weight excluding hydrogens is 384 g/mol. The van der Waals surface area contributed by atoms with Gasteiger partial charge in [0, 0.05) is 48.8 Å². The number of carbonyl (C=O) groups excluding carboxylic acids is 1. The van der Waals surface area contributed by atoms with Gasteiger partial charge in [0.2, 0.25) is 5.95 Å². The first-order chi connectivity index (χ1) is 14.3. The van der Waals surface area contributed by atoms with Gasteiger partial charge in [0.05, 0.1) is 6.61 Å². The van der Waals surface area contributed by atoms with E-state index in [4.69, 9.17) is 9.26 Å². The molecule has 30 heavy (non-hydrogen) atoms. The first-order valence-corrected chi connectivity index (χ1v) is 9.55. The van der Waals surface area contributed by atoms with E-state index in [0.717, 1.165) is 11.1 Å². The van der Waals surface area contributed by atoms with Crippen molar-refractivity contribution in [3.8, 4) is 11.1 Å². The minimum absolute atomic E-state index is 0.179. The Kier molecular flexibility index (Phi) is 6.63. The number of rotatable bonds is 7. The van der Waals surface area contributed by atoms with Crippen molar-refractivity contribution < 1.29 is 14.1 Å². The Balaban J connectivity index is 1.56. The summed E-state index contributed by atoms with van der Waals surface area (Å²) in [7, 11) is 1.64. The Hall–Kier alpha value is -3.46. The number of amides is 2. The van der Waals surface area contributed by atoms with Gasteiger partial charge in [-0.3, -0.25) is 5.32 Å². The molecule has 0 unspecified atom stereocenters. The third kappa shape index (κ3) is 5.77. The van der Waals surface area contributed by atoms with Crippen LogP contribution in [0.4, 0.5) is 22.2 Å². The Morgan fingerprint density at radius 2 is 1.77 bits per heavy atom. The number of methoxy groups -OCH3 is 1. The summed E-state index contributed by atoms with van der Waals surface area (Å²) in [4.78, 5) is 20.8. The second kappa shape index (κ2) is 9.36. The zero-order valence-corrected chi connectivity index (χ0v) is 17.5. The lowest BCUT2D eigenvalue weighted by Crippen LogP contribution is -2.19. The molecule has 0 radical (unpaired) electrons. The van der Waals surface area contributed by atoms with Gasteiger partial charge in [0.15, 0.2) is 5.82 Å². The van der Waals surface area contributed by atoms with Gasteiger partial charge in [0.1, 0.15) is 5.76 Å². The van der Waals surface area contributed by atoms with Gasteiger partial charge >= 0.3 is 6.03 Å². The van der Waals surface area contributed by atoms with Gasteiger partial charge in [-0.05, 0) is 17.7 Å². The van der Waals surface area contributed by atoms with E-state index in [1.807, 2.05) is 45.0 Å². The molecule has 0 aliphatic rings. The number of nitrogens with one attached hydrogen (secondary N) is 3. The molecule has 2 amide bonds. The Morgan fingerprint density at radius 1 is 1.07 bits per heavy atom.